The van der Waals surface area contributed by atoms with Crippen LogP contribution in [0.5, 0.6) is 5.75 Å². The zero-order valence-corrected chi connectivity index (χ0v) is 11.9. The van der Waals surface area contributed by atoms with Crippen molar-refractivity contribution in [1.82, 2.24) is 0 Å². The van der Waals surface area contributed by atoms with Gasteiger partial charge in [-0.25, -0.2) is 0 Å². The average molecular weight is 322 g/mol. The third-order valence-electron chi connectivity index (χ3n) is 3.18. The number of nitrogens with one attached hydrogen (secondary N) is 1. The number of carbonyl (C=O) groups excluding carboxylic acids is 1. The Morgan fingerprint density at radius 1 is 1.14 bits per heavy atom. The monoisotopic (exact) mass is 321 g/mol. The number of benzene rings is 2. The normalized spacial score (nSPS) is 15.1. The van der Waals surface area contributed by atoms with Gasteiger partial charge in [-0.2, -0.15) is 8.78 Å². The number of hydrogen-bond acceptors (Lipinski definition) is 2. The Hall–Kier alpha value is -2.40. The number of hydrogen-bond donors (Lipinski definition) is 1. The Labute approximate surface area is 130 Å². The van der Waals surface area contributed by atoms with Crippen LogP contribution in [0.3, 0.4) is 0 Å². The first-order valence-corrected chi connectivity index (χ1v) is 6.78. The molecule has 1 heterocycles. The number of alkyl halides is 2. The highest BCUT2D eigenvalue weighted by molar-refractivity contribution is 6.36. The highest BCUT2D eigenvalue weighted by atomic mass is 35.5. The van der Waals surface area contributed by atoms with Crippen LogP contribution in [-0.4, -0.2) is 12.5 Å². The summed E-state index contributed by atoms with van der Waals surface area (Å²) in [6.45, 7) is -2.86. The molecule has 3 rings (SSSR count). The summed E-state index contributed by atoms with van der Waals surface area (Å²) in [6, 6.07) is 11.2. The maximum atomic E-state index is 12.1. The molecular weight excluding hydrogens is 312 g/mol. The molecule has 0 bridgehead atoms. The first-order valence-electron chi connectivity index (χ1n) is 6.41. The molecule has 3 nitrogen and oxygen atoms in total. The standard InChI is InChI=1S/C16H10ClF2NO2/c17-10-3-6-14-12(8-10)13(15(21)20-14)7-9-1-4-11(5-2-9)22-16(18)19/h1-8,16H,(H,20,21)/b13-7+. The molecule has 0 atom stereocenters. The first-order chi connectivity index (χ1) is 10.5. The second kappa shape index (κ2) is 5.77. The topological polar surface area (TPSA) is 38.3 Å². The molecule has 0 aromatic heterocycles. The smallest absolute Gasteiger partial charge is 0.387 e. The van der Waals surface area contributed by atoms with Crippen molar-refractivity contribution in [3.8, 4) is 5.75 Å². The van der Waals surface area contributed by atoms with Crippen molar-refractivity contribution in [2.45, 2.75) is 6.61 Å². The molecule has 1 aliphatic rings. The number of rotatable bonds is 3. The van der Waals surface area contributed by atoms with Crippen LogP contribution in [0, 0.1) is 0 Å². The van der Waals surface area contributed by atoms with Crippen molar-refractivity contribution in [1.29, 1.82) is 0 Å². The van der Waals surface area contributed by atoms with Crippen LogP contribution in [0.2, 0.25) is 5.02 Å². The van der Waals surface area contributed by atoms with Gasteiger partial charge in [-0.1, -0.05) is 23.7 Å². The molecule has 2 aromatic rings. The van der Waals surface area contributed by atoms with Gasteiger partial charge in [-0.3, -0.25) is 4.79 Å². The van der Waals surface area contributed by atoms with Crippen LogP contribution < -0.4 is 10.1 Å². The predicted octanol–water partition coefficient (Wildman–Crippen LogP) is 4.43. The fourth-order valence-electron chi connectivity index (χ4n) is 2.22. The van der Waals surface area contributed by atoms with Gasteiger partial charge in [0.15, 0.2) is 0 Å². The second-order valence-corrected chi connectivity index (χ2v) is 5.09. The summed E-state index contributed by atoms with van der Waals surface area (Å²) in [5, 5.41) is 3.27. The van der Waals surface area contributed by atoms with Crippen molar-refractivity contribution < 1.29 is 18.3 Å². The first kappa shape index (κ1) is 14.5. The van der Waals surface area contributed by atoms with Gasteiger partial charge in [-0.15, -0.1) is 0 Å². The maximum absolute atomic E-state index is 12.1. The van der Waals surface area contributed by atoms with Gasteiger partial charge in [0, 0.05) is 21.8 Å². The predicted molar refractivity (Wildman–Crippen MR) is 81.0 cm³/mol. The SMILES string of the molecule is O=C1Nc2ccc(Cl)cc2/C1=C\c1ccc(OC(F)F)cc1. The molecule has 0 saturated carbocycles. The second-order valence-electron chi connectivity index (χ2n) is 4.65. The number of fused-ring (bicyclic) bond motifs is 1. The number of amides is 1. The molecule has 22 heavy (non-hydrogen) atoms. The molecule has 1 amide bonds. The number of ether oxygens (including phenoxy) is 1. The lowest BCUT2D eigenvalue weighted by molar-refractivity contribution is -0.110. The van der Waals surface area contributed by atoms with Gasteiger partial charge >= 0.3 is 6.61 Å². The van der Waals surface area contributed by atoms with E-state index in [4.69, 9.17) is 11.6 Å². The van der Waals surface area contributed by atoms with E-state index in [-0.39, 0.29) is 11.7 Å². The van der Waals surface area contributed by atoms with Gasteiger partial charge in [0.2, 0.25) is 0 Å². The van der Waals surface area contributed by atoms with E-state index >= 15 is 0 Å². The Balaban J connectivity index is 1.92. The van der Waals surface area contributed by atoms with E-state index in [9.17, 15) is 13.6 Å². The van der Waals surface area contributed by atoms with Crippen LogP contribution >= 0.6 is 11.6 Å². The van der Waals surface area contributed by atoms with Crippen molar-refractivity contribution >= 4 is 34.8 Å². The third kappa shape index (κ3) is 2.94. The van der Waals surface area contributed by atoms with Gasteiger partial charge in [0.1, 0.15) is 5.75 Å². The van der Waals surface area contributed by atoms with Crippen molar-refractivity contribution in [2.24, 2.45) is 0 Å². The van der Waals surface area contributed by atoms with E-state index in [2.05, 4.69) is 10.1 Å². The highest BCUT2D eigenvalue weighted by Crippen LogP contribution is 2.35. The lowest BCUT2D eigenvalue weighted by atomic mass is 10.0. The van der Waals surface area contributed by atoms with E-state index in [0.717, 1.165) is 0 Å². The van der Waals surface area contributed by atoms with Crippen LogP contribution in [0.4, 0.5) is 14.5 Å². The van der Waals surface area contributed by atoms with Crippen molar-refractivity contribution in [3.05, 3.63) is 58.6 Å². The fourth-order valence-corrected chi connectivity index (χ4v) is 2.39. The molecule has 0 aliphatic carbocycles. The minimum atomic E-state index is -2.86. The Bertz CT molecular complexity index is 757. The van der Waals surface area contributed by atoms with Crippen LogP contribution in [0.15, 0.2) is 42.5 Å². The van der Waals surface area contributed by atoms with Gasteiger partial charge < -0.3 is 10.1 Å². The average Bonchev–Trinajstić information content (AvgIpc) is 2.76. The summed E-state index contributed by atoms with van der Waals surface area (Å²) in [4.78, 5) is 12.0. The number of anilines is 1. The lowest BCUT2D eigenvalue weighted by Gasteiger charge is -2.04. The Kier molecular flexibility index (Phi) is 3.81. The molecule has 1 N–H and O–H groups in total. The molecule has 0 saturated heterocycles. The van der Waals surface area contributed by atoms with Crippen LogP contribution in [0.1, 0.15) is 11.1 Å². The number of carbonyl (C=O) groups is 1. The van der Waals surface area contributed by atoms with Crippen molar-refractivity contribution in [3.63, 3.8) is 0 Å². The molecule has 6 heteroatoms. The number of halogens is 3. The van der Waals surface area contributed by atoms with E-state index < -0.39 is 6.61 Å². The molecule has 1 aliphatic heterocycles. The van der Waals surface area contributed by atoms with Crippen LogP contribution in [0.25, 0.3) is 11.6 Å². The molecule has 0 radical (unpaired) electrons. The van der Waals surface area contributed by atoms with E-state index in [1.54, 1.807) is 36.4 Å². The lowest BCUT2D eigenvalue weighted by Crippen LogP contribution is -2.03. The Morgan fingerprint density at radius 2 is 1.86 bits per heavy atom. The quantitative estimate of drug-likeness (QED) is 0.849. The zero-order valence-electron chi connectivity index (χ0n) is 11.1. The minimum Gasteiger partial charge on any atom is -0.435 e. The van der Waals surface area contributed by atoms with Gasteiger partial charge in [0.25, 0.3) is 5.91 Å². The molecule has 112 valence electrons. The van der Waals surface area contributed by atoms with Crippen molar-refractivity contribution in [2.75, 3.05) is 5.32 Å². The summed E-state index contributed by atoms with van der Waals surface area (Å²) in [5.41, 5.74) is 2.57. The summed E-state index contributed by atoms with van der Waals surface area (Å²) in [6.07, 6.45) is 1.67. The van der Waals surface area contributed by atoms with Gasteiger partial charge in [-0.05, 0) is 42.0 Å². The van der Waals surface area contributed by atoms with Crippen LogP contribution in [-0.2, 0) is 4.79 Å². The van der Waals surface area contributed by atoms with E-state index in [0.29, 0.717) is 27.4 Å². The summed E-state index contributed by atoms with van der Waals surface area (Å²) >= 11 is 5.95. The molecule has 0 fully saturated rings. The third-order valence-corrected chi connectivity index (χ3v) is 3.42. The molecule has 0 unspecified atom stereocenters. The fraction of sp³-hybridized carbons (Fsp3) is 0.0625. The molecule has 0 spiro atoms. The molecule has 2 aromatic carbocycles. The molecular formula is C16H10ClF2NO2. The van der Waals surface area contributed by atoms with E-state index in [1.807, 2.05) is 0 Å². The largest absolute Gasteiger partial charge is 0.435 e. The maximum Gasteiger partial charge on any atom is 0.387 e. The van der Waals surface area contributed by atoms with E-state index in [1.165, 1.54) is 12.1 Å². The highest BCUT2D eigenvalue weighted by Gasteiger charge is 2.24. The summed E-state index contributed by atoms with van der Waals surface area (Å²) in [5.74, 6) is -0.165. The zero-order chi connectivity index (χ0) is 15.7. The van der Waals surface area contributed by atoms with Gasteiger partial charge in [0.05, 0.1) is 0 Å². The Morgan fingerprint density at radius 3 is 2.55 bits per heavy atom. The summed E-state index contributed by atoms with van der Waals surface area (Å²) < 4.78 is 28.5. The summed E-state index contributed by atoms with van der Waals surface area (Å²) in [7, 11) is 0. The minimum absolute atomic E-state index is 0.0662.